The summed E-state index contributed by atoms with van der Waals surface area (Å²) in [6.07, 6.45) is 71.1. The molecule has 0 radical (unpaired) electrons. The van der Waals surface area contributed by atoms with Crippen LogP contribution >= 0.6 is 0 Å². The molecule has 0 heterocycles. The molecular weight excluding hydrogens is 781 g/mol. The van der Waals surface area contributed by atoms with E-state index in [-0.39, 0.29) is 37.5 Å². The predicted molar refractivity (Wildman–Crippen MR) is 269 cm³/mol. The lowest BCUT2D eigenvalue weighted by atomic mass is 10.1. The molecule has 0 aliphatic carbocycles. The Hall–Kier alpha value is -4.71. The number of carbonyl (C=O) groups excluding carboxylic acids is 3. The van der Waals surface area contributed by atoms with Gasteiger partial charge in [0.15, 0.2) is 6.10 Å². The zero-order valence-corrected chi connectivity index (χ0v) is 39.8. The van der Waals surface area contributed by atoms with E-state index in [9.17, 15) is 14.4 Å². The molecule has 0 aliphatic heterocycles. The van der Waals surface area contributed by atoms with Gasteiger partial charge in [-0.2, -0.15) is 0 Å². The molecule has 0 saturated carbocycles. The van der Waals surface area contributed by atoms with Gasteiger partial charge in [-0.1, -0.05) is 205 Å². The summed E-state index contributed by atoms with van der Waals surface area (Å²) in [7, 11) is 0. The topological polar surface area (TPSA) is 78.9 Å². The van der Waals surface area contributed by atoms with Crippen LogP contribution < -0.4 is 0 Å². The van der Waals surface area contributed by atoms with E-state index in [0.717, 1.165) is 103 Å². The van der Waals surface area contributed by atoms with Crippen molar-refractivity contribution in [3.8, 4) is 0 Å². The van der Waals surface area contributed by atoms with Crippen molar-refractivity contribution >= 4 is 17.9 Å². The maximum Gasteiger partial charge on any atom is 0.306 e. The number of ether oxygens (including phenoxy) is 3. The van der Waals surface area contributed by atoms with Crippen LogP contribution in [0.5, 0.6) is 0 Å². The van der Waals surface area contributed by atoms with Crippen LogP contribution in [-0.2, 0) is 28.6 Å². The van der Waals surface area contributed by atoms with Crippen molar-refractivity contribution in [3.05, 3.63) is 146 Å². The van der Waals surface area contributed by atoms with Gasteiger partial charge in [0.05, 0.1) is 0 Å². The van der Waals surface area contributed by atoms with Gasteiger partial charge < -0.3 is 14.2 Å². The highest BCUT2D eigenvalue weighted by Gasteiger charge is 2.19. The summed E-state index contributed by atoms with van der Waals surface area (Å²) in [5, 5.41) is 0. The quantitative estimate of drug-likeness (QED) is 0.0200. The Bertz CT molecular complexity index is 1460. The van der Waals surface area contributed by atoms with Crippen LogP contribution in [0.15, 0.2) is 146 Å². The standard InChI is InChI=1S/C57H86O6/c1-4-7-10-13-16-19-22-25-27-28-29-30-31-33-35-38-41-44-47-50-56(59)62-53-54(52-61-55(58)49-46-43-40-37-34-24-21-18-15-12-9-6-3)63-57(60)51-48-45-42-39-36-32-26-23-20-17-14-11-8-5-2/h7-13,16-22,25,27-31,33-35,37,54H,4-6,14-15,23-24,26,32,36,38-53H2,1-3H3/b10-7-,11-8-,12-9-,16-13-,20-17-,21-18-,22-19-,27-25-,29-28+,31-30-,35-33-,37-34-. The SMILES string of the molecule is CC\C=C/C=C\C=C/C=C\C=C\C=C/C=C\CCCCCC(=O)OCC(COC(=O)CCCC/C=C\C/C=C\C/C=C\CC)OC(=O)CCCCCCCCC/C=C\C/C=C\CC. The molecule has 0 N–H and O–H groups in total. The third-order valence-corrected chi connectivity index (χ3v) is 9.51. The molecule has 0 amide bonds. The Morgan fingerprint density at radius 3 is 1.13 bits per heavy atom. The average molecular weight is 867 g/mol. The summed E-state index contributed by atoms with van der Waals surface area (Å²) in [5.41, 5.74) is 0. The first kappa shape index (κ1) is 58.3. The largest absolute Gasteiger partial charge is 0.462 e. The highest BCUT2D eigenvalue weighted by Crippen LogP contribution is 2.12. The number of esters is 3. The van der Waals surface area contributed by atoms with Gasteiger partial charge in [-0.15, -0.1) is 0 Å². The number of carbonyl (C=O) groups is 3. The molecule has 0 aromatic heterocycles. The maximum atomic E-state index is 12.8. The molecule has 63 heavy (non-hydrogen) atoms. The van der Waals surface area contributed by atoms with Gasteiger partial charge in [0.25, 0.3) is 0 Å². The summed E-state index contributed by atoms with van der Waals surface area (Å²) in [5.74, 6) is -1.03. The molecule has 350 valence electrons. The summed E-state index contributed by atoms with van der Waals surface area (Å²) < 4.78 is 16.7. The monoisotopic (exact) mass is 867 g/mol. The van der Waals surface area contributed by atoms with Crippen molar-refractivity contribution in [1.82, 2.24) is 0 Å². The summed E-state index contributed by atoms with van der Waals surface area (Å²) >= 11 is 0. The van der Waals surface area contributed by atoms with Gasteiger partial charge in [0, 0.05) is 19.3 Å². The minimum absolute atomic E-state index is 0.123. The zero-order chi connectivity index (χ0) is 45.8. The number of allylic oxidation sites excluding steroid dienone is 24. The van der Waals surface area contributed by atoms with Crippen LogP contribution in [0.4, 0.5) is 0 Å². The molecule has 1 atom stereocenters. The lowest BCUT2D eigenvalue weighted by Gasteiger charge is -2.18. The summed E-state index contributed by atoms with van der Waals surface area (Å²) in [4.78, 5) is 37.9. The van der Waals surface area contributed by atoms with Gasteiger partial charge in [0.2, 0.25) is 0 Å². The fraction of sp³-hybridized carbons (Fsp3) is 0.526. The first-order valence-corrected chi connectivity index (χ1v) is 24.4. The van der Waals surface area contributed by atoms with E-state index in [1.807, 2.05) is 72.9 Å². The Morgan fingerprint density at radius 2 is 0.651 bits per heavy atom. The maximum absolute atomic E-state index is 12.8. The van der Waals surface area contributed by atoms with E-state index in [1.165, 1.54) is 19.3 Å². The molecule has 0 rings (SSSR count). The van der Waals surface area contributed by atoms with Crippen molar-refractivity contribution in [3.63, 3.8) is 0 Å². The van der Waals surface area contributed by atoms with Crippen LogP contribution in [0, 0.1) is 0 Å². The molecule has 0 aromatic rings. The van der Waals surface area contributed by atoms with Crippen LogP contribution in [-0.4, -0.2) is 37.2 Å². The third kappa shape index (κ3) is 48.2. The highest BCUT2D eigenvalue weighted by molar-refractivity contribution is 5.71. The van der Waals surface area contributed by atoms with Gasteiger partial charge in [-0.05, 0) is 96.3 Å². The Morgan fingerprint density at radius 1 is 0.333 bits per heavy atom. The molecule has 6 heteroatoms. The number of unbranched alkanes of at least 4 members (excludes halogenated alkanes) is 12. The second-order valence-electron chi connectivity index (χ2n) is 15.4. The lowest BCUT2D eigenvalue weighted by Crippen LogP contribution is -2.30. The fourth-order valence-electron chi connectivity index (χ4n) is 5.95. The number of hydrogen-bond acceptors (Lipinski definition) is 6. The van der Waals surface area contributed by atoms with E-state index >= 15 is 0 Å². The fourth-order valence-corrected chi connectivity index (χ4v) is 5.95. The van der Waals surface area contributed by atoms with Crippen LogP contribution in [0.2, 0.25) is 0 Å². The zero-order valence-electron chi connectivity index (χ0n) is 39.8. The molecule has 0 bridgehead atoms. The van der Waals surface area contributed by atoms with Crippen molar-refractivity contribution < 1.29 is 28.6 Å². The number of rotatable bonds is 41. The smallest absolute Gasteiger partial charge is 0.306 e. The van der Waals surface area contributed by atoms with E-state index in [1.54, 1.807) is 0 Å². The molecule has 0 aliphatic rings. The first-order chi connectivity index (χ1) is 31.0. The second-order valence-corrected chi connectivity index (χ2v) is 15.4. The lowest BCUT2D eigenvalue weighted by molar-refractivity contribution is -0.167. The Kier molecular flexibility index (Phi) is 46.2. The van der Waals surface area contributed by atoms with Gasteiger partial charge in [-0.25, -0.2) is 0 Å². The molecule has 0 saturated heterocycles. The van der Waals surface area contributed by atoms with Gasteiger partial charge in [-0.3, -0.25) is 14.4 Å². The van der Waals surface area contributed by atoms with Crippen molar-refractivity contribution in [2.75, 3.05) is 13.2 Å². The molecular formula is C57H86O6. The van der Waals surface area contributed by atoms with Gasteiger partial charge >= 0.3 is 17.9 Å². The number of hydrogen-bond donors (Lipinski definition) is 0. The van der Waals surface area contributed by atoms with E-state index < -0.39 is 6.10 Å². The minimum atomic E-state index is -0.822. The molecule has 0 spiro atoms. The second kappa shape index (κ2) is 49.9. The normalized spacial score (nSPS) is 13.4. The van der Waals surface area contributed by atoms with E-state index in [4.69, 9.17) is 14.2 Å². The Balaban J connectivity index is 4.57. The average Bonchev–Trinajstić information content (AvgIpc) is 3.28. The van der Waals surface area contributed by atoms with Crippen molar-refractivity contribution in [2.45, 2.75) is 181 Å². The molecule has 1 unspecified atom stereocenters. The summed E-state index contributed by atoms with van der Waals surface area (Å²) in [6, 6.07) is 0. The molecule has 6 nitrogen and oxygen atoms in total. The van der Waals surface area contributed by atoms with Crippen LogP contribution in [0.3, 0.4) is 0 Å². The van der Waals surface area contributed by atoms with Crippen LogP contribution in [0.1, 0.15) is 175 Å². The molecule has 0 aromatic carbocycles. The Labute approximate surface area is 385 Å². The van der Waals surface area contributed by atoms with Crippen LogP contribution in [0.25, 0.3) is 0 Å². The molecule has 0 fully saturated rings. The van der Waals surface area contributed by atoms with E-state index in [2.05, 4.69) is 93.7 Å². The predicted octanol–water partition coefficient (Wildman–Crippen LogP) is 16.1. The van der Waals surface area contributed by atoms with Crippen molar-refractivity contribution in [1.29, 1.82) is 0 Å². The van der Waals surface area contributed by atoms with E-state index in [0.29, 0.717) is 25.7 Å². The summed E-state index contributed by atoms with van der Waals surface area (Å²) in [6.45, 7) is 6.15. The minimum Gasteiger partial charge on any atom is -0.462 e. The van der Waals surface area contributed by atoms with Gasteiger partial charge in [0.1, 0.15) is 13.2 Å². The third-order valence-electron chi connectivity index (χ3n) is 9.51. The highest BCUT2D eigenvalue weighted by atomic mass is 16.6. The van der Waals surface area contributed by atoms with Crippen molar-refractivity contribution in [2.24, 2.45) is 0 Å². The first-order valence-electron chi connectivity index (χ1n) is 24.4.